The first-order valence-electron chi connectivity index (χ1n) is 9.16. The van der Waals surface area contributed by atoms with E-state index < -0.39 is 0 Å². The zero-order valence-corrected chi connectivity index (χ0v) is 19.0. The third-order valence-electron chi connectivity index (χ3n) is 4.82. The van der Waals surface area contributed by atoms with Gasteiger partial charge >= 0.3 is 0 Å². The summed E-state index contributed by atoms with van der Waals surface area (Å²) in [7, 11) is 1.71. The number of thioether (sulfide) groups is 1. The highest BCUT2D eigenvalue weighted by Crippen LogP contribution is 2.30. The van der Waals surface area contributed by atoms with E-state index in [-0.39, 0.29) is 17.2 Å². The number of fused-ring (bicyclic) bond motifs is 2. The first kappa shape index (κ1) is 20.1. The Morgan fingerprint density at radius 3 is 2.69 bits per heavy atom. The van der Waals surface area contributed by atoms with Gasteiger partial charge in [-0.3, -0.25) is 19.1 Å². The smallest absolute Gasteiger partial charge is 0.262 e. The van der Waals surface area contributed by atoms with Crippen LogP contribution in [0, 0.1) is 13.8 Å². The third kappa shape index (κ3) is 3.58. The summed E-state index contributed by atoms with van der Waals surface area (Å²) in [5.41, 5.74) is 1.81. The quantitative estimate of drug-likeness (QED) is 0.338. The molecule has 0 aliphatic rings. The van der Waals surface area contributed by atoms with E-state index in [1.54, 1.807) is 11.9 Å². The Bertz CT molecular complexity index is 1260. The molecule has 0 aliphatic carbocycles. The predicted molar refractivity (Wildman–Crippen MR) is 123 cm³/mol. The lowest BCUT2D eigenvalue weighted by Gasteiger charge is -2.17. The van der Waals surface area contributed by atoms with Gasteiger partial charge < -0.3 is 0 Å². The van der Waals surface area contributed by atoms with Crippen LogP contribution in [0.1, 0.15) is 17.4 Å². The number of aryl methyl sites for hydroxylation is 2. The van der Waals surface area contributed by atoms with E-state index in [0.29, 0.717) is 22.2 Å². The molecule has 0 N–H and O–H groups in total. The number of thiazole rings is 1. The molecule has 0 aliphatic heterocycles. The number of hydrogen-bond donors (Lipinski definition) is 0. The van der Waals surface area contributed by atoms with E-state index in [4.69, 9.17) is 0 Å². The maximum absolute atomic E-state index is 12.9. The Hall–Kier alpha value is -2.23. The second-order valence-corrected chi connectivity index (χ2v) is 9.77. The largest absolute Gasteiger partial charge is 0.290 e. The Balaban J connectivity index is 1.58. The van der Waals surface area contributed by atoms with Crippen molar-refractivity contribution in [3.05, 3.63) is 45.1 Å². The lowest BCUT2D eigenvalue weighted by molar-refractivity contribution is -0.116. The number of hydrogen-bond acceptors (Lipinski definition) is 7. The van der Waals surface area contributed by atoms with Crippen molar-refractivity contribution in [3.63, 3.8) is 0 Å². The monoisotopic (exact) mass is 444 g/mol. The average Bonchev–Trinajstić information content (AvgIpc) is 3.25. The van der Waals surface area contributed by atoms with Gasteiger partial charge in [0.15, 0.2) is 10.3 Å². The number of amides is 1. The van der Waals surface area contributed by atoms with Crippen LogP contribution in [-0.2, 0) is 11.8 Å². The standard InChI is InChI=1S/C20H20N4O2S3/c1-5-24(20-21-13-8-6-7-9-14(13)29-20)15(25)10-27-19-22-17-16(18(26)23(19)4)11(2)12(3)28-17/h6-9H,5,10H2,1-4H3. The predicted octanol–water partition coefficient (Wildman–Crippen LogP) is 4.37. The molecule has 150 valence electrons. The van der Waals surface area contributed by atoms with Gasteiger partial charge in [0.25, 0.3) is 5.56 Å². The number of rotatable bonds is 5. The van der Waals surface area contributed by atoms with Crippen LogP contribution in [0.3, 0.4) is 0 Å². The Morgan fingerprint density at radius 1 is 1.21 bits per heavy atom. The zero-order valence-electron chi connectivity index (χ0n) is 16.6. The topological polar surface area (TPSA) is 68.1 Å². The molecule has 0 fully saturated rings. The lowest BCUT2D eigenvalue weighted by atomic mass is 10.2. The normalized spacial score (nSPS) is 11.4. The van der Waals surface area contributed by atoms with Gasteiger partial charge in [0, 0.05) is 18.5 Å². The Labute approximate surface area is 180 Å². The summed E-state index contributed by atoms with van der Waals surface area (Å²) in [6.45, 7) is 6.42. The fourth-order valence-electron chi connectivity index (χ4n) is 3.08. The number of anilines is 1. The van der Waals surface area contributed by atoms with Crippen LogP contribution in [0.25, 0.3) is 20.4 Å². The molecular formula is C20H20N4O2S3. The number of carbonyl (C=O) groups excluding carboxylic acids is 1. The Morgan fingerprint density at radius 2 is 1.97 bits per heavy atom. The van der Waals surface area contributed by atoms with Gasteiger partial charge in [0.05, 0.1) is 21.4 Å². The minimum Gasteiger partial charge on any atom is -0.290 e. The molecular weight excluding hydrogens is 424 g/mol. The highest BCUT2D eigenvalue weighted by Gasteiger charge is 2.20. The average molecular weight is 445 g/mol. The molecule has 1 aromatic carbocycles. The summed E-state index contributed by atoms with van der Waals surface area (Å²) in [4.78, 5) is 38.4. The molecule has 4 aromatic rings. The van der Waals surface area contributed by atoms with Crippen LogP contribution in [0.5, 0.6) is 0 Å². The van der Waals surface area contributed by atoms with Crippen molar-refractivity contribution in [2.75, 3.05) is 17.2 Å². The maximum atomic E-state index is 12.9. The number of benzene rings is 1. The highest BCUT2D eigenvalue weighted by molar-refractivity contribution is 7.99. The molecule has 0 unspecified atom stereocenters. The number of thiophene rings is 1. The molecule has 0 atom stereocenters. The Kier molecular flexibility index (Phi) is 5.46. The zero-order chi connectivity index (χ0) is 20.7. The SMILES string of the molecule is CCN(C(=O)CSc1nc2sc(C)c(C)c2c(=O)n1C)c1nc2ccccc2s1. The molecule has 3 heterocycles. The summed E-state index contributed by atoms with van der Waals surface area (Å²) in [5.74, 6) is 0.142. The summed E-state index contributed by atoms with van der Waals surface area (Å²) < 4.78 is 2.59. The first-order valence-corrected chi connectivity index (χ1v) is 11.8. The fraction of sp³-hybridized carbons (Fsp3) is 0.300. The lowest BCUT2D eigenvalue weighted by Crippen LogP contribution is -2.32. The molecule has 0 spiro atoms. The molecule has 0 bridgehead atoms. The van der Waals surface area contributed by atoms with Gasteiger partial charge in [-0.05, 0) is 38.5 Å². The van der Waals surface area contributed by atoms with E-state index in [2.05, 4.69) is 9.97 Å². The van der Waals surface area contributed by atoms with Gasteiger partial charge in [-0.25, -0.2) is 9.97 Å². The summed E-state index contributed by atoms with van der Waals surface area (Å²) in [5, 5.41) is 1.92. The third-order valence-corrected chi connectivity index (χ3v) is 8.00. The van der Waals surface area contributed by atoms with Crippen molar-refractivity contribution in [1.82, 2.24) is 14.5 Å². The number of aromatic nitrogens is 3. The molecule has 4 rings (SSSR count). The van der Waals surface area contributed by atoms with E-state index >= 15 is 0 Å². The number of nitrogens with zero attached hydrogens (tertiary/aromatic N) is 4. The van der Waals surface area contributed by atoms with E-state index in [1.807, 2.05) is 45.0 Å². The van der Waals surface area contributed by atoms with Crippen LogP contribution < -0.4 is 10.5 Å². The number of para-hydroxylation sites is 1. The van der Waals surface area contributed by atoms with Crippen LogP contribution in [0.15, 0.2) is 34.2 Å². The van der Waals surface area contributed by atoms with Gasteiger partial charge in [-0.2, -0.15) is 0 Å². The molecule has 3 aromatic heterocycles. The van der Waals surface area contributed by atoms with Crippen molar-refractivity contribution in [1.29, 1.82) is 0 Å². The van der Waals surface area contributed by atoms with E-state index in [9.17, 15) is 9.59 Å². The molecule has 6 nitrogen and oxygen atoms in total. The second-order valence-electron chi connectivity index (χ2n) is 6.61. The van der Waals surface area contributed by atoms with Crippen molar-refractivity contribution >= 4 is 65.9 Å². The van der Waals surface area contributed by atoms with Crippen LogP contribution in [0.4, 0.5) is 5.13 Å². The summed E-state index contributed by atoms with van der Waals surface area (Å²) >= 11 is 4.31. The van der Waals surface area contributed by atoms with Crippen LogP contribution in [0.2, 0.25) is 0 Å². The van der Waals surface area contributed by atoms with E-state index in [0.717, 1.165) is 25.5 Å². The maximum Gasteiger partial charge on any atom is 0.262 e. The summed E-state index contributed by atoms with van der Waals surface area (Å²) in [6, 6.07) is 7.86. The molecule has 1 amide bonds. The van der Waals surface area contributed by atoms with Gasteiger partial charge in [0.2, 0.25) is 5.91 Å². The second kappa shape index (κ2) is 7.89. The van der Waals surface area contributed by atoms with Crippen molar-refractivity contribution < 1.29 is 4.79 Å². The molecule has 0 saturated carbocycles. The fourth-order valence-corrected chi connectivity index (χ4v) is 6.05. The molecule has 0 radical (unpaired) electrons. The minimum atomic E-state index is -0.0645. The van der Waals surface area contributed by atoms with Gasteiger partial charge in [-0.1, -0.05) is 35.2 Å². The number of carbonyl (C=O) groups is 1. The molecule has 9 heteroatoms. The molecule has 29 heavy (non-hydrogen) atoms. The van der Waals surface area contributed by atoms with Crippen molar-refractivity contribution in [2.24, 2.45) is 7.05 Å². The molecule has 0 saturated heterocycles. The van der Waals surface area contributed by atoms with Crippen molar-refractivity contribution in [2.45, 2.75) is 25.9 Å². The minimum absolute atomic E-state index is 0.0514. The first-order chi connectivity index (χ1) is 13.9. The van der Waals surface area contributed by atoms with Crippen LogP contribution >= 0.6 is 34.4 Å². The van der Waals surface area contributed by atoms with Gasteiger partial charge in [-0.15, -0.1) is 11.3 Å². The van der Waals surface area contributed by atoms with Crippen LogP contribution in [-0.4, -0.2) is 32.7 Å². The van der Waals surface area contributed by atoms with Crippen molar-refractivity contribution in [3.8, 4) is 0 Å². The van der Waals surface area contributed by atoms with E-state index in [1.165, 1.54) is 39.0 Å². The van der Waals surface area contributed by atoms with Gasteiger partial charge in [0.1, 0.15) is 4.83 Å². The highest BCUT2D eigenvalue weighted by atomic mass is 32.2. The summed E-state index contributed by atoms with van der Waals surface area (Å²) in [6.07, 6.45) is 0.